The SMILES string of the molecule is Cc1nc2ccc(NCCC3CCCCC3)cc2[nH]1. The highest BCUT2D eigenvalue weighted by atomic mass is 14.9. The topological polar surface area (TPSA) is 40.7 Å². The molecule has 3 nitrogen and oxygen atoms in total. The van der Waals surface area contributed by atoms with Crippen LogP contribution < -0.4 is 5.32 Å². The number of aromatic amines is 1. The lowest BCUT2D eigenvalue weighted by Gasteiger charge is -2.21. The van der Waals surface area contributed by atoms with Crippen molar-refractivity contribution in [3.8, 4) is 0 Å². The van der Waals surface area contributed by atoms with E-state index >= 15 is 0 Å². The van der Waals surface area contributed by atoms with Crippen LogP contribution in [0.4, 0.5) is 5.69 Å². The number of nitrogens with zero attached hydrogens (tertiary/aromatic N) is 1. The van der Waals surface area contributed by atoms with Gasteiger partial charge in [0.15, 0.2) is 0 Å². The van der Waals surface area contributed by atoms with Crippen LogP contribution in [0, 0.1) is 12.8 Å². The number of imidazole rings is 1. The summed E-state index contributed by atoms with van der Waals surface area (Å²) in [5, 5.41) is 3.55. The maximum Gasteiger partial charge on any atom is 0.104 e. The quantitative estimate of drug-likeness (QED) is 0.859. The summed E-state index contributed by atoms with van der Waals surface area (Å²) in [7, 11) is 0. The zero-order chi connectivity index (χ0) is 13.1. The van der Waals surface area contributed by atoms with Gasteiger partial charge in [0.05, 0.1) is 11.0 Å². The van der Waals surface area contributed by atoms with Crippen molar-refractivity contribution in [1.29, 1.82) is 0 Å². The minimum atomic E-state index is 0.944. The number of aryl methyl sites for hydroxylation is 1. The Balaban J connectivity index is 1.55. The van der Waals surface area contributed by atoms with Gasteiger partial charge in [0.2, 0.25) is 0 Å². The van der Waals surface area contributed by atoms with E-state index in [1.165, 1.54) is 44.2 Å². The van der Waals surface area contributed by atoms with Crippen LogP contribution in [0.3, 0.4) is 0 Å². The zero-order valence-electron chi connectivity index (χ0n) is 11.7. The monoisotopic (exact) mass is 257 g/mol. The van der Waals surface area contributed by atoms with Gasteiger partial charge < -0.3 is 10.3 Å². The molecule has 102 valence electrons. The number of anilines is 1. The van der Waals surface area contributed by atoms with Gasteiger partial charge in [-0.05, 0) is 37.5 Å². The minimum Gasteiger partial charge on any atom is -0.385 e. The Kier molecular flexibility index (Phi) is 3.72. The molecule has 1 saturated carbocycles. The zero-order valence-corrected chi connectivity index (χ0v) is 11.7. The summed E-state index contributed by atoms with van der Waals surface area (Å²) in [6, 6.07) is 6.38. The van der Waals surface area contributed by atoms with E-state index in [0.717, 1.165) is 29.3 Å². The van der Waals surface area contributed by atoms with Crippen molar-refractivity contribution in [3.63, 3.8) is 0 Å². The van der Waals surface area contributed by atoms with E-state index in [1.54, 1.807) is 0 Å². The molecule has 0 bridgehead atoms. The molecule has 0 unspecified atom stereocenters. The number of hydrogen-bond donors (Lipinski definition) is 2. The average Bonchev–Trinajstić information content (AvgIpc) is 2.79. The van der Waals surface area contributed by atoms with Crippen LogP contribution in [0.1, 0.15) is 44.3 Å². The highest BCUT2D eigenvalue weighted by Gasteiger charge is 2.12. The lowest BCUT2D eigenvalue weighted by atomic mass is 9.87. The lowest BCUT2D eigenvalue weighted by Crippen LogP contribution is -2.12. The molecule has 3 heteroatoms. The summed E-state index contributed by atoms with van der Waals surface area (Å²) >= 11 is 0. The molecule has 19 heavy (non-hydrogen) atoms. The van der Waals surface area contributed by atoms with Gasteiger partial charge in [-0.15, -0.1) is 0 Å². The molecule has 1 heterocycles. The molecule has 0 spiro atoms. The smallest absolute Gasteiger partial charge is 0.104 e. The third kappa shape index (κ3) is 3.09. The molecule has 1 aromatic carbocycles. The molecule has 0 aliphatic heterocycles. The fraction of sp³-hybridized carbons (Fsp3) is 0.562. The van der Waals surface area contributed by atoms with Crippen LogP contribution in [-0.2, 0) is 0 Å². The standard InChI is InChI=1S/C16H23N3/c1-12-18-15-8-7-14(11-16(15)19-12)17-10-9-13-5-3-2-4-6-13/h7-8,11,13,17H,2-6,9-10H2,1H3,(H,18,19). The van der Waals surface area contributed by atoms with E-state index in [0.29, 0.717) is 0 Å². The molecular weight excluding hydrogens is 234 g/mol. The molecule has 0 amide bonds. The Morgan fingerprint density at radius 2 is 2.11 bits per heavy atom. The number of fused-ring (bicyclic) bond motifs is 1. The average molecular weight is 257 g/mol. The summed E-state index contributed by atoms with van der Waals surface area (Å²) in [5.74, 6) is 1.92. The van der Waals surface area contributed by atoms with Crippen LogP contribution in [0.25, 0.3) is 11.0 Å². The lowest BCUT2D eigenvalue weighted by molar-refractivity contribution is 0.345. The van der Waals surface area contributed by atoms with Gasteiger partial charge >= 0.3 is 0 Å². The summed E-state index contributed by atoms with van der Waals surface area (Å²) < 4.78 is 0. The van der Waals surface area contributed by atoms with E-state index in [9.17, 15) is 0 Å². The van der Waals surface area contributed by atoms with E-state index in [1.807, 2.05) is 6.92 Å². The van der Waals surface area contributed by atoms with E-state index < -0.39 is 0 Å². The van der Waals surface area contributed by atoms with Crippen molar-refractivity contribution in [3.05, 3.63) is 24.0 Å². The Bertz CT molecular complexity index is 538. The maximum atomic E-state index is 4.42. The first-order valence-electron chi connectivity index (χ1n) is 7.51. The predicted molar refractivity (Wildman–Crippen MR) is 80.5 cm³/mol. The Morgan fingerprint density at radius 3 is 2.95 bits per heavy atom. The number of benzene rings is 1. The largest absolute Gasteiger partial charge is 0.385 e. The van der Waals surface area contributed by atoms with Gasteiger partial charge in [-0.25, -0.2) is 4.98 Å². The molecular formula is C16H23N3. The van der Waals surface area contributed by atoms with E-state index in [-0.39, 0.29) is 0 Å². The first-order chi connectivity index (χ1) is 9.31. The highest BCUT2D eigenvalue weighted by molar-refractivity contribution is 5.79. The van der Waals surface area contributed by atoms with E-state index in [4.69, 9.17) is 0 Å². The Labute approximate surface area is 114 Å². The normalized spacial score (nSPS) is 16.9. The summed E-state index contributed by atoms with van der Waals surface area (Å²) in [4.78, 5) is 7.71. The van der Waals surface area contributed by atoms with Crippen molar-refractivity contribution in [2.24, 2.45) is 5.92 Å². The van der Waals surface area contributed by atoms with Gasteiger partial charge in [-0.1, -0.05) is 32.1 Å². The van der Waals surface area contributed by atoms with Gasteiger partial charge in [0.25, 0.3) is 0 Å². The Hall–Kier alpha value is -1.51. The molecule has 3 rings (SSSR count). The van der Waals surface area contributed by atoms with Crippen LogP contribution in [0.2, 0.25) is 0 Å². The van der Waals surface area contributed by atoms with Crippen molar-refractivity contribution < 1.29 is 0 Å². The van der Waals surface area contributed by atoms with Gasteiger partial charge in [-0.2, -0.15) is 0 Å². The second-order valence-electron chi connectivity index (χ2n) is 5.77. The number of aromatic nitrogens is 2. The van der Waals surface area contributed by atoms with Crippen LogP contribution in [0.5, 0.6) is 0 Å². The fourth-order valence-corrected chi connectivity index (χ4v) is 3.14. The number of hydrogen-bond acceptors (Lipinski definition) is 2. The first kappa shape index (κ1) is 12.5. The van der Waals surface area contributed by atoms with Crippen LogP contribution >= 0.6 is 0 Å². The summed E-state index contributed by atoms with van der Waals surface area (Å²) in [6.45, 7) is 3.08. The summed E-state index contributed by atoms with van der Waals surface area (Å²) in [6.07, 6.45) is 8.48. The van der Waals surface area contributed by atoms with Crippen LogP contribution in [0.15, 0.2) is 18.2 Å². The molecule has 0 atom stereocenters. The highest BCUT2D eigenvalue weighted by Crippen LogP contribution is 2.26. The molecule has 1 aliphatic rings. The van der Waals surface area contributed by atoms with Gasteiger partial charge in [0.1, 0.15) is 5.82 Å². The molecule has 0 radical (unpaired) electrons. The van der Waals surface area contributed by atoms with Crippen molar-refractivity contribution >= 4 is 16.7 Å². The number of nitrogens with one attached hydrogen (secondary N) is 2. The number of rotatable bonds is 4. The molecule has 2 aromatic rings. The van der Waals surface area contributed by atoms with Gasteiger partial charge in [-0.3, -0.25) is 0 Å². The second-order valence-corrected chi connectivity index (χ2v) is 5.77. The molecule has 1 aliphatic carbocycles. The fourth-order valence-electron chi connectivity index (χ4n) is 3.14. The van der Waals surface area contributed by atoms with Crippen molar-refractivity contribution in [2.45, 2.75) is 45.4 Å². The first-order valence-corrected chi connectivity index (χ1v) is 7.51. The Morgan fingerprint density at radius 1 is 1.26 bits per heavy atom. The minimum absolute atomic E-state index is 0.944. The molecule has 1 aromatic heterocycles. The third-order valence-electron chi connectivity index (χ3n) is 4.21. The molecule has 0 saturated heterocycles. The van der Waals surface area contributed by atoms with Crippen molar-refractivity contribution in [1.82, 2.24) is 9.97 Å². The number of H-pyrrole nitrogens is 1. The molecule has 2 N–H and O–H groups in total. The third-order valence-corrected chi connectivity index (χ3v) is 4.21. The van der Waals surface area contributed by atoms with Crippen LogP contribution in [-0.4, -0.2) is 16.5 Å². The van der Waals surface area contributed by atoms with Gasteiger partial charge in [0, 0.05) is 12.2 Å². The van der Waals surface area contributed by atoms with E-state index in [2.05, 4.69) is 33.5 Å². The summed E-state index contributed by atoms with van der Waals surface area (Å²) in [5.41, 5.74) is 3.38. The van der Waals surface area contributed by atoms with Crippen molar-refractivity contribution in [2.75, 3.05) is 11.9 Å². The maximum absolute atomic E-state index is 4.42. The second kappa shape index (κ2) is 5.64. The molecule has 1 fully saturated rings. The predicted octanol–water partition coefficient (Wildman–Crippen LogP) is 4.25.